The van der Waals surface area contributed by atoms with E-state index in [4.69, 9.17) is 9.05 Å². The van der Waals surface area contributed by atoms with Gasteiger partial charge in [-0.15, -0.1) is 0 Å². The summed E-state index contributed by atoms with van der Waals surface area (Å²) >= 11 is 0. The number of phosphoric ester groups is 1. The lowest BCUT2D eigenvalue weighted by molar-refractivity contribution is -0.870. The Hall–Kier alpha value is -1.02. The highest BCUT2D eigenvalue weighted by Gasteiger charge is 2.28. The van der Waals surface area contributed by atoms with Gasteiger partial charge in [-0.05, 0) is 44.9 Å². The Balaban J connectivity index is 4.04. The minimum absolute atomic E-state index is 0.0757. The lowest BCUT2D eigenvalue weighted by atomic mass is 10.0. The van der Waals surface area contributed by atoms with Crippen LogP contribution in [-0.4, -0.2) is 73.4 Å². The first-order chi connectivity index (χ1) is 28.0. The summed E-state index contributed by atoms with van der Waals surface area (Å²) in [5.41, 5.74) is 0. The molecule has 0 aromatic carbocycles. The van der Waals surface area contributed by atoms with Crippen molar-refractivity contribution in [2.75, 3.05) is 40.9 Å². The highest BCUT2D eigenvalue weighted by molar-refractivity contribution is 7.47. The number of aliphatic hydroxyl groups excluding tert-OH is 1. The number of nitrogens with one attached hydrogen (secondary N) is 1. The van der Waals surface area contributed by atoms with Crippen molar-refractivity contribution < 1.29 is 32.9 Å². The van der Waals surface area contributed by atoms with Crippen LogP contribution in [0.4, 0.5) is 0 Å². The van der Waals surface area contributed by atoms with Crippen LogP contribution in [0.25, 0.3) is 0 Å². The van der Waals surface area contributed by atoms with Crippen molar-refractivity contribution >= 4 is 13.7 Å². The van der Waals surface area contributed by atoms with Gasteiger partial charge < -0.3 is 19.8 Å². The summed E-state index contributed by atoms with van der Waals surface area (Å²) in [7, 11) is 1.62. The first-order valence-corrected chi connectivity index (χ1v) is 26.2. The van der Waals surface area contributed by atoms with Gasteiger partial charge in [0.15, 0.2) is 0 Å². The number of quaternary nitrogens is 1. The summed E-state index contributed by atoms with van der Waals surface area (Å²) in [5.74, 6) is -0.145. The number of carbonyl (C=O) groups is 1. The molecule has 0 fully saturated rings. The van der Waals surface area contributed by atoms with Crippen molar-refractivity contribution in [3.63, 3.8) is 0 Å². The zero-order valence-corrected chi connectivity index (χ0v) is 39.9. The van der Waals surface area contributed by atoms with E-state index < -0.39 is 20.0 Å². The highest BCUT2D eigenvalue weighted by Crippen LogP contribution is 2.43. The molecule has 3 N–H and O–H groups in total. The van der Waals surface area contributed by atoms with E-state index in [1.807, 2.05) is 21.1 Å². The Bertz CT molecular complexity index is 1000. The number of unbranched alkanes of at least 4 members (excludes halogenated alkanes) is 28. The van der Waals surface area contributed by atoms with Crippen molar-refractivity contribution in [2.24, 2.45) is 0 Å². The quantitative estimate of drug-likeness (QED) is 0.0244. The van der Waals surface area contributed by atoms with E-state index in [1.54, 1.807) is 0 Å². The molecule has 9 heteroatoms. The van der Waals surface area contributed by atoms with Gasteiger partial charge in [-0.25, -0.2) is 4.57 Å². The largest absolute Gasteiger partial charge is 0.472 e. The van der Waals surface area contributed by atoms with E-state index >= 15 is 0 Å². The smallest absolute Gasteiger partial charge is 0.391 e. The molecule has 0 aliphatic heterocycles. The molecule has 58 heavy (non-hydrogen) atoms. The van der Waals surface area contributed by atoms with Crippen LogP contribution in [-0.2, 0) is 18.4 Å². The van der Waals surface area contributed by atoms with Gasteiger partial charge in [0.1, 0.15) is 13.2 Å². The third kappa shape index (κ3) is 43.1. The third-order valence-corrected chi connectivity index (χ3v) is 12.2. The Morgan fingerprint density at radius 3 is 1.41 bits per heavy atom. The van der Waals surface area contributed by atoms with Crippen molar-refractivity contribution in [2.45, 2.75) is 244 Å². The van der Waals surface area contributed by atoms with Crippen LogP contribution in [0, 0.1) is 0 Å². The normalized spacial score (nSPS) is 14.4. The molecule has 0 saturated carbocycles. The van der Waals surface area contributed by atoms with Crippen LogP contribution in [0.5, 0.6) is 0 Å². The molecule has 8 nitrogen and oxygen atoms in total. The summed E-state index contributed by atoms with van der Waals surface area (Å²) in [4.78, 5) is 23.1. The van der Waals surface area contributed by atoms with Gasteiger partial charge in [0.05, 0.1) is 39.9 Å². The Morgan fingerprint density at radius 2 is 0.983 bits per heavy atom. The van der Waals surface area contributed by atoms with Crippen LogP contribution in [0.15, 0.2) is 24.3 Å². The lowest BCUT2D eigenvalue weighted by Gasteiger charge is -2.26. The fourth-order valence-electron chi connectivity index (χ4n) is 7.25. The summed E-state index contributed by atoms with van der Waals surface area (Å²) in [5, 5.41) is 13.9. The molecule has 0 saturated heterocycles. The Morgan fingerprint density at radius 1 is 0.586 bits per heavy atom. The molecule has 344 valence electrons. The average Bonchev–Trinajstić information content (AvgIpc) is 3.17. The monoisotopic (exact) mass is 842 g/mol. The second-order valence-corrected chi connectivity index (χ2v) is 19.6. The van der Waals surface area contributed by atoms with Crippen LogP contribution < -0.4 is 5.32 Å². The molecule has 0 aliphatic rings. The van der Waals surface area contributed by atoms with E-state index in [2.05, 4.69) is 43.5 Å². The summed E-state index contributed by atoms with van der Waals surface area (Å²) in [6, 6.07) is -0.756. The Kier molecular flexibility index (Phi) is 40.6. The zero-order valence-electron chi connectivity index (χ0n) is 39.0. The molecule has 0 aromatic rings. The molecule has 1 amide bonds. The van der Waals surface area contributed by atoms with E-state index in [-0.39, 0.29) is 19.1 Å². The van der Waals surface area contributed by atoms with Gasteiger partial charge in [-0.3, -0.25) is 13.8 Å². The van der Waals surface area contributed by atoms with Crippen LogP contribution >= 0.6 is 7.82 Å². The number of carbonyl (C=O) groups excluding carboxylic acids is 1. The molecule has 0 bridgehead atoms. The maximum absolute atomic E-state index is 12.9. The van der Waals surface area contributed by atoms with Gasteiger partial charge in [-0.1, -0.05) is 205 Å². The van der Waals surface area contributed by atoms with Crippen molar-refractivity contribution in [3.8, 4) is 0 Å². The molecular weight excluding hydrogens is 744 g/mol. The highest BCUT2D eigenvalue weighted by atomic mass is 31.2. The maximum Gasteiger partial charge on any atom is 0.472 e. The Labute approximate surface area is 360 Å². The van der Waals surface area contributed by atoms with Gasteiger partial charge in [0.25, 0.3) is 0 Å². The second kappa shape index (κ2) is 41.3. The van der Waals surface area contributed by atoms with E-state index in [9.17, 15) is 19.4 Å². The molecular formula is C49H98N2O6P+. The number of allylic oxidation sites excluding steroid dienone is 4. The van der Waals surface area contributed by atoms with Gasteiger partial charge >= 0.3 is 7.82 Å². The SMILES string of the molecule is CCCCCCC/C=C\C/C=C\CCCCCCCCCCCCCCCCCC(=O)NC(COP(=O)(O)OCC[N+](C)(C)C)C(O)CCCCCCCCCCC. The minimum atomic E-state index is -4.31. The predicted molar refractivity (Wildman–Crippen MR) is 249 cm³/mol. The number of hydrogen-bond donors (Lipinski definition) is 3. The second-order valence-electron chi connectivity index (χ2n) is 18.2. The van der Waals surface area contributed by atoms with Crippen LogP contribution in [0.2, 0.25) is 0 Å². The number of hydrogen-bond acceptors (Lipinski definition) is 5. The first-order valence-electron chi connectivity index (χ1n) is 24.7. The van der Waals surface area contributed by atoms with Gasteiger partial charge in [0.2, 0.25) is 5.91 Å². The maximum atomic E-state index is 12.9. The summed E-state index contributed by atoms with van der Waals surface area (Å²) in [6.07, 6.45) is 49.4. The van der Waals surface area contributed by atoms with Crippen LogP contribution in [0.1, 0.15) is 232 Å². The van der Waals surface area contributed by atoms with Gasteiger partial charge in [-0.2, -0.15) is 0 Å². The number of nitrogens with zero attached hydrogens (tertiary/aromatic N) is 1. The lowest BCUT2D eigenvalue weighted by Crippen LogP contribution is -2.46. The standard InChI is InChI=1S/C49H97N2O6P/c1-6-8-10-12-14-16-17-18-19-20-21-22-23-24-25-26-27-28-29-30-31-32-33-35-37-39-41-43-49(53)50-47(46-57-58(54,55)56-45-44-51(3,4)5)48(52)42-40-38-36-34-15-13-11-9-7-2/h17-18,20-21,47-48,52H,6-16,19,22-46H2,1-5H3,(H-,50,53,54,55)/p+1/b18-17-,21-20-. The molecule has 3 atom stereocenters. The number of phosphoric acid groups is 1. The topological polar surface area (TPSA) is 105 Å². The van der Waals surface area contributed by atoms with E-state index in [0.717, 1.165) is 44.9 Å². The molecule has 0 spiro atoms. The fraction of sp³-hybridized carbons (Fsp3) is 0.898. The average molecular weight is 842 g/mol. The molecule has 0 aromatic heterocycles. The van der Waals surface area contributed by atoms with E-state index in [1.165, 1.54) is 161 Å². The summed E-state index contributed by atoms with van der Waals surface area (Å²) in [6.45, 7) is 4.86. The fourth-order valence-corrected chi connectivity index (χ4v) is 7.99. The van der Waals surface area contributed by atoms with Crippen molar-refractivity contribution in [1.82, 2.24) is 5.32 Å². The number of amides is 1. The molecule has 3 unspecified atom stereocenters. The summed E-state index contributed by atoms with van der Waals surface area (Å²) < 4.78 is 23.6. The first kappa shape index (κ1) is 57.0. The van der Waals surface area contributed by atoms with Crippen molar-refractivity contribution in [3.05, 3.63) is 24.3 Å². The van der Waals surface area contributed by atoms with Crippen LogP contribution in [0.3, 0.4) is 0 Å². The number of aliphatic hydroxyl groups is 1. The molecule has 0 heterocycles. The number of rotatable bonds is 45. The zero-order chi connectivity index (χ0) is 42.8. The molecule has 0 radical (unpaired) electrons. The minimum Gasteiger partial charge on any atom is -0.391 e. The third-order valence-electron chi connectivity index (χ3n) is 11.2. The predicted octanol–water partition coefficient (Wildman–Crippen LogP) is 14.1. The van der Waals surface area contributed by atoms with E-state index in [0.29, 0.717) is 23.9 Å². The number of likely N-dealkylation sites (N-methyl/N-ethyl adjacent to an activating group) is 1. The molecule has 0 aliphatic carbocycles. The van der Waals surface area contributed by atoms with Crippen molar-refractivity contribution in [1.29, 1.82) is 0 Å². The van der Waals surface area contributed by atoms with Gasteiger partial charge in [0, 0.05) is 6.42 Å². The molecule has 0 rings (SSSR count).